The molecule has 0 radical (unpaired) electrons. The molecule has 1 heterocycles. The second kappa shape index (κ2) is 19.2. The lowest BCUT2D eigenvalue weighted by molar-refractivity contribution is -0.198. The van der Waals surface area contributed by atoms with E-state index in [4.69, 9.17) is 28.5 Å². The third-order valence-corrected chi connectivity index (χ3v) is 5.94. The summed E-state index contributed by atoms with van der Waals surface area (Å²) in [6.07, 6.45) is 7.47. The van der Waals surface area contributed by atoms with Crippen LogP contribution in [0.2, 0.25) is 0 Å². The molecule has 0 unspecified atom stereocenters. The Morgan fingerprint density at radius 1 is 0.611 bits per heavy atom. The predicted molar refractivity (Wildman–Crippen MR) is 127 cm³/mol. The molecule has 2 rings (SSSR count). The highest BCUT2D eigenvalue weighted by molar-refractivity contribution is 6.01. The van der Waals surface area contributed by atoms with Crippen molar-refractivity contribution in [2.45, 2.75) is 64.2 Å². The van der Waals surface area contributed by atoms with Crippen LogP contribution in [0.5, 0.6) is 0 Å². The van der Waals surface area contributed by atoms with E-state index in [1.54, 1.807) is 0 Å². The van der Waals surface area contributed by atoms with Crippen LogP contribution in [0.25, 0.3) is 0 Å². The first-order valence-electron chi connectivity index (χ1n) is 13.1. The number of amides is 2. The fourth-order valence-electron chi connectivity index (χ4n) is 3.92. The van der Waals surface area contributed by atoms with E-state index in [1.165, 1.54) is 25.7 Å². The van der Waals surface area contributed by atoms with E-state index in [9.17, 15) is 19.2 Å². The van der Waals surface area contributed by atoms with Crippen LogP contribution < -0.4 is 0 Å². The molecule has 0 atom stereocenters. The number of hydrogen-bond acceptors (Lipinski definition) is 10. The van der Waals surface area contributed by atoms with Gasteiger partial charge >= 0.3 is 5.97 Å². The van der Waals surface area contributed by atoms with Gasteiger partial charge in [0, 0.05) is 25.2 Å². The lowest BCUT2D eigenvalue weighted by Crippen LogP contribution is -2.32. The monoisotopic (exact) mass is 515 g/mol. The summed E-state index contributed by atoms with van der Waals surface area (Å²) >= 11 is 0. The number of ether oxygens (including phenoxy) is 5. The number of hydrogen-bond donors (Lipinski definition) is 0. The van der Waals surface area contributed by atoms with Gasteiger partial charge in [0.15, 0.2) is 0 Å². The highest BCUT2D eigenvalue weighted by Gasteiger charge is 2.32. The van der Waals surface area contributed by atoms with Gasteiger partial charge in [0.1, 0.15) is 5.78 Å². The van der Waals surface area contributed by atoms with Crippen LogP contribution in [0.1, 0.15) is 64.2 Å². The standard InChI is InChI=1S/C25H41NO10/c27-22(21-5-3-1-2-4-6-21)9-11-31-13-15-33-17-19-35-20-18-34-16-14-32-12-10-25(30)36-26-23(28)7-8-24(26)29/h21H,1-20H2. The molecule has 1 saturated heterocycles. The lowest BCUT2D eigenvalue weighted by atomic mass is 9.94. The molecule has 2 fully saturated rings. The van der Waals surface area contributed by atoms with Gasteiger partial charge < -0.3 is 28.5 Å². The predicted octanol–water partition coefficient (Wildman–Crippen LogP) is 2.00. The zero-order valence-electron chi connectivity index (χ0n) is 21.2. The number of nitrogens with zero attached hydrogens (tertiary/aromatic N) is 1. The molecule has 2 amide bonds. The van der Waals surface area contributed by atoms with E-state index in [1.807, 2.05) is 0 Å². The summed E-state index contributed by atoms with van der Waals surface area (Å²) in [7, 11) is 0. The second-order valence-electron chi connectivity index (χ2n) is 8.76. The largest absolute Gasteiger partial charge is 0.379 e. The number of hydroxylamine groups is 2. The maximum Gasteiger partial charge on any atom is 0.335 e. The van der Waals surface area contributed by atoms with Gasteiger partial charge in [-0.25, -0.2) is 4.79 Å². The quantitative estimate of drug-likeness (QED) is 0.135. The summed E-state index contributed by atoms with van der Waals surface area (Å²) in [6.45, 7) is 3.87. The number of ketones is 1. The molecule has 0 aromatic heterocycles. The number of rotatable bonds is 20. The normalized spacial score (nSPS) is 16.9. The molecular weight excluding hydrogens is 474 g/mol. The zero-order valence-corrected chi connectivity index (χ0v) is 21.2. The average Bonchev–Trinajstić information content (AvgIpc) is 3.06. The van der Waals surface area contributed by atoms with Crippen LogP contribution in [0.15, 0.2) is 0 Å². The Labute approximate surface area is 213 Å². The van der Waals surface area contributed by atoms with E-state index >= 15 is 0 Å². The molecule has 36 heavy (non-hydrogen) atoms. The molecule has 2 aliphatic rings. The number of carbonyl (C=O) groups is 4. The van der Waals surface area contributed by atoms with Gasteiger partial charge in [0.2, 0.25) is 0 Å². The fourth-order valence-corrected chi connectivity index (χ4v) is 3.92. The maximum absolute atomic E-state index is 12.2. The molecule has 0 aromatic carbocycles. The van der Waals surface area contributed by atoms with E-state index in [-0.39, 0.29) is 31.8 Å². The highest BCUT2D eigenvalue weighted by Crippen LogP contribution is 2.24. The lowest BCUT2D eigenvalue weighted by Gasteiger charge is -2.12. The van der Waals surface area contributed by atoms with Crippen LogP contribution in [-0.4, -0.2) is 94.7 Å². The van der Waals surface area contributed by atoms with Crippen molar-refractivity contribution >= 4 is 23.6 Å². The molecule has 0 aromatic rings. The second-order valence-corrected chi connectivity index (χ2v) is 8.76. The Hall–Kier alpha value is -1.92. The van der Waals surface area contributed by atoms with Crippen molar-refractivity contribution in [1.82, 2.24) is 5.06 Å². The third kappa shape index (κ3) is 13.4. The average molecular weight is 516 g/mol. The fraction of sp³-hybridized carbons (Fsp3) is 0.840. The minimum absolute atomic E-state index is 0.0655. The molecule has 0 N–H and O–H groups in total. The van der Waals surface area contributed by atoms with Crippen molar-refractivity contribution in [2.75, 3.05) is 66.1 Å². The van der Waals surface area contributed by atoms with Crippen LogP contribution in [-0.2, 0) is 47.7 Å². The summed E-state index contributed by atoms with van der Waals surface area (Å²) in [5.74, 6) is -1.12. The SMILES string of the molecule is O=C(CCOCCOCCOCCOCCOCCC(=O)C1CCCCCC1)ON1C(=O)CCC1=O. The van der Waals surface area contributed by atoms with Gasteiger partial charge in [-0.2, -0.15) is 0 Å². The molecule has 0 bridgehead atoms. The van der Waals surface area contributed by atoms with Crippen LogP contribution in [0.4, 0.5) is 0 Å². The van der Waals surface area contributed by atoms with Crippen molar-refractivity contribution in [3.05, 3.63) is 0 Å². The van der Waals surface area contributed by atoms with Crippen molar-refractivity contribution in [2.24, 2.45) is 5.92 Å². The van der Waals surface area contributed by atoms with Gasteiger partial charge in [-0.1, -0.05) is 25.7 Å². The molecular formula is C25H41NO10. The molecule has 1 aliphatic heterocycles. The van der Waals surface area contributed by atoms with Gasteiger partial charge in [-0.3, -0.25) is 14.4 Å². The number of carbonyl (C=O) groups excluding carboxylic acids is 4. The van der Waals surface area contributed by atoms with Crippen molar-refractivity contribution < 1.29 is 47.7 Å². The Morgan fingerprint density at radius 2 is 1.03 bits per heavy atom. The topological polar surface area (TPSA) is 127 Å². The smallest absolute Gasteiger partial charge is 0.335 e. The third-order valence-electron chi connectivity index (χ3n) is 5.94. The van der Waals surface area contributed by atoms with Gasteiger partial charge in [0.05, 0.1) is 72.5 Å². The summed E-state index contributed by atoms with van der Waals surface area (Å²) in [4.78, 5) is 51.3. The first-order chi connectivity index (χ1) is 17.6. The van der Waals surface area contributed by atoms with Gasteiger partial charge in [0.25, 0.3) is 11.8 Å². The molecule has 1 saturated carbocycles. The van der Waals surface area contributed by atoms with Gasteiger partial charge in [-0.05, 0) is 12.8 Å². The Kier molecular flexibility index (Phi) is 16.2. The first kappa shape index (κ1) is 30.3. The summed E-state index contributed by atoms with van der Waals surface area (Å²) < 4.78 is 27.0. The van der Waals surface area contributed by atoms with Crippen LogP contribution in [0, 0.1) is 5.92 Å². The van der Waals surface area contributed by atoms with E-state index in [0.29, 0.717) is 76.7 Å². The number of imide groups is 1. The van der Waals surface area contributed by atoms with Crippen LogP contribution >= 0.6 is 0 Å². The van der Waals surface area contributed by atoms with Gasteiger partial charge in [-0.15, -0.1) is 5.06 Å². The van der Waals surface area contributed by atoms with Crippen molar-refractivity contribution in [1.29, 1.82) is 0 Å². The maximum atomic E-state index is 12.2. The van der Waals surface area contributed by atoms with Crippen molar-refractivity contribution in [3.63, 3.8) is 0 Å². The summed E-state index contributed by atoms with van der Waals surface area (Å²) in [5, 5.41) is 0.522. The molecule has 0 spiro atoms. The Morgan fingerprint density at radius 3 is 1.50 bits per heavy atom. The highest BCUT2D eigenvalue weighted by atomic mass is 16.7. The molecule has 11 heteroatoms. The molecule has 11 nitrogen and oxygen atoms in total. The minimum atomic E-state index is -0.693. The van der Waals surface area contributed by atoms with E-state index < -0.39 is 17.8 Å². The molecule has 1 aliphatic carbocycles. The Bertz CT molecular complexity index is 647. The zero-order chi connectivity index (χ0) is 25.8. The van der Waals surface area contributed by atoms with E-state index in [0.717, 1.165) is 12.8 Å². The molecule has 206 valence electrons. The summed E-state index contributed by atoms with van der Waals surface area (Å²) in [6, 6.07) is 0. The first-order valence-corrected chi connectivity index (χ1v) is 13.1. The number of Topliss-reactive ketones (excluding diaryl/α,β-unsaturated/α-hetero) is 1. The Balaban J connectivity index is 1.26. The van der Waals surface area contributed by atoms with E-state index in [2.05, 4.69) is 0 Å². The van der Waals surface area contributed by atoms with Crippen molar-refractivity contribution in [3.8, 4) is 0 Å². The summed E-state index contributed by atoms with van der Waals surface area (Å²) in [5.41, 5.74) is 0. The van der Waals surface area contributed by atoms with Crippen LogP contribution in [0.3, 0.4) is 0 Å². The minimum Gasteiger partial charge on any atom is -0.379 e.